The standard InChI is InChI=1S/C25H24Cl2N6O3/c1-29-21-20(23(35)30(2)25(29)36)33(15-16-6-8-18(26)9-7-16)24(28-21)32-12-10-31(11-13-32)22(34)17-4-3-5-19(27)14-17/h3-9,14H,10-13,15H2,1-2H3. The van der Waals surface area contributed by atoms with Crippen molar-refractivity contribution in [2.24, 2.45) is 14.1 Å². The molecule has 1 aliphatic rings. The molecule has 0 aliphatic carbocycles. The highest BCUT2D eigenvalue weighted by Gasteiger charge is 2.27. The second kappa shape index (κ2) is 9.48. The lowest BCUT2D eigenvalue weighted by molar-refractivity contribution is 0.0746. The molecule has 0 N–H and O–H groups in total. The van der Waals surface area contributed by atoms with Gasteiger partial charge >= 0.3 is 5.69 Å². The molecule has 1 fully saturated rings. The average Bonchev–Trinajstić information content (AvgIpc) is 3.26. The van der Waals surface area contributed by atoms with Crippen molar-refractivity contribution in [1.82, 2.24) is 23.6 Å². The fourth-order valence-corrected chi connectivity index (χ4v) is 4.83. The first kappa shape index (κ1) is 24.1. The van der Waals surface area contributed by atoms with Crippen LogP contribution in [0.3, 0.4) is 0 Å². The van der Waals surface area contributed by atoms with E-state index in [-0.39, 0.29) is 5.91 Å². The van der Waals surface area contributed by atoms with Gasteiger partial charge in [0.1, 0.15) is 0 Å². The van der Waals surface area contributed by atoms with Crippen LogP contribution in [0.1, 0.15) is 15.9 Å². The van der Waals surface area contributed by atoms with Gasteiger partial charge in [-0.05, 0) is 35.9 Å². The number of fused-ring (bicyclic) bond motifs is 1. The summed E-state index contributed by atoms with van der Waals surface area (Å²) >= 11 is 12.1. The predicted octanol–water partition coefficient (Wildman–Crippen LogP) is 2.75. The minimum absolute atomic E-state index is 0.0805. The fourth-order valence-electron chi connectivity index (χ4n) is 4.51. The summed E-state index contributed by atoms with van der Waals surface area (Å²) in [5.74, 6) is 0.496. The number of hydrogen-bond donors (Lipinski definition) is 0. The molecule has 9 nitrogen and oxygen atoms in total. The van der Waals surface area contributed by atoms with Crippen LogP contribution < -0.4 is 16.1 Å². The van der Waals surface area contributed by atoms with E-state index in [2.05, 4.69) is 0 Å². The van der Waals surface area contributed by atoms with Gasteiger partial charge in [-0.25, -0.2) is 4.79 Å². The van der Waals surface area contributed by atoms with Gasteiger partial charge in [0.25, 0.3) is 11.5 Å². The van der Waals surface area contributed by atoms with Gasteiger partial charge in [-0.15, -0.1) is 0 Å². The molecule has 0 unspecified atom stereocenters. The molecule has 36 heavy (non-hydrogen) atoms. The van der Waals surface area contributed by atoms with Gasteiger partial charge < -0.3 is 9.80 Å². The van der Waals surface area contributed by atoms with Gasteiger partial charge in [0.15, 0.2) is 11.2 Å². The molecule has 1 aliphatic heterocycles. The third-order valence-corrected chi connectivity index (χ3v) is 6.99. The Balaban J connectivity index is 1.51. The van der Waals surface area contributed by atoms with E-state index < -0.39 is 11.2 Å². The van der Waals surface area contributed by atoms with E-state index in [0.717, 1.165) is 10.1 Å². The van der Waals surface area contributed by atoms with Crippen LogP contribution in [-0.4, -0.2) is 55.7 Å². The summed E-state index contributed by atoms with van der Waals surface area (Å²) in [6, 6.07) is 14.3. The highest BCUT2D eigenvalue weighted by molar-refractivity contribution is 6.31. The van der Waals surface area contributed by atoms with Crippen LogP contribution in [0.15, 0.2) is 58.1 Å². The second-order valence-electron chi connectivity index (χ2n) is 8.79. The van der Waals surface area contributed by atoms with Crippen molar-refractivity contribution in [3.05, 3.63) is 90.5 Å². The Morgan fingerprint density at radius 1 is 0.917 bits per heavy atom. The molecule has 11 heteroatoms. The second-order valence-corrected chi connectivity index (χ2v) is 9.66. The van der Waals surface area contributed by atoms with Crippen LogP contribution in [0.25, 0.3) is 11.2 Å². The maximum absolute atomic E-state index is 13.2. The Hall–Kier alpha value is -3.56. The van der Waals surface area contributed by atoms with Gasteiger partial charge in [0.05, 0.1) is 6.54 Å². The van der Waals surface area contributed by atoms with Crippen molar-refractivity contribution in [3.63, 3.8) is 0 Å². The smallest absolute Gasteiger partial charge is 0.332 e. The Bertz CT molecular complexity index is 1580. The number of halogens is 2. The maximum atomic E-state index is 13.2. The highest BCUT2D eigenvalue weighted by atomic mass is 35.5. The summed E-state index contributed by atoms with van der Waals surface area (Å²) < 4.78 is 4.32. The number of imidazole rings is 1. The zero-order valence-corrected chi connectivity index (χ0v) is 21.3. The lowest BCUT2D eigenvalue weighted by atomic mass is 10.2. The normalized spacial score (nSPS) is 14.0. The fraction of sp³-hybridized carbons (Fsp3) is 0.280. The molecule has 0 bridgehead atoms. The summed E-state index contributed by atoms with van der Waals surface area (Å²) in [6.45, 7) is 2.37. The molecule has 2 aromatic carbocycles. The van der Waals surface area contributed by atoms with Crippen molar-refractivity contribution in [1.29, 1.82) is 0 Å². The largest absolute Gasteiger partial charge is 0.339 e. The van der Waals surface area contributed by atoms with Gasteiger partial charge in [-0.1, -0.05) is 41.4 Å². The predicted molar refractivity (Wildman–Crippen MR) is 140 cm³/mol. The number of carbonyl (C=O) groups is 1. The van der Waals surface area contributed by atoms with Crippen molar-refractivity contribution in [3.8, 4) is 0 Å². The number of piperazine rings is 1. The summed E-state index contributed by atoms with van der Waals surface area (Å²) in [7, 11) is 3.07. The van der Waals surface area contributed by atoms with Crippen molar-refractivity contribution in [2.75, 3.05) is 31.1 Å². The molecular weight excluding hydrogens is 503 g/mol. The minimum Gasteiger partial charge on any atom is -0.339 e. The summed E-state index contributed by atoms with van der Waals surface area (Å²) in [6.07, 6.45) is 0. The van der Waals surface area contributed by atoms with Crippen LogP contribution >= 0.6 is 23.2 Å². The third kappa shape index (κ3) is 4.29. The molecule has 0 spiro atoms. The first-order valence-corrected chi connectivity index (χ1v) is 12.2. The van der Waals surface area contributed by atoms with E-state index in [1.165, 1.54) is 11.6 Å². The van der Waals surface area contributed by atoms with Crippen LogP contribution in [0.5, 0.6) is 0 Å². The number of anilines is 1. The Morgan fingerprint density at radius 2 is 1.61 bits per heavy atom. The van der Waals surface area contributed by atoms with Crippen LogP contribution in [0.2, 0.25) is 10.0 Å². The van der Waals surface area contributed by atoms with E-state index in [0.29, 0.717) is 65.4 Å². The number of carbonyl (C=O) groups excluding carboxylic acids is 1. The van der Waals surface area contributed by atoms with Crippen LogP contribution in [-0.2, 0) is 20.6 Å². The van der Waals surface area contributed by atoms with Crippen molar-refractivity contribution in [2.45, 2.75) is 6.54 Å². The maximum Gasteiger partial charge on any atom is 0.332 e. The summed E-state index contributed by atoms with van der Waals surface area (Å²) in [5.41, 5.74) is 1.31. The van der Waals surface area contributed by atoms with Gasteiger partial charge in [-0.3, -0.25) is 23.3 Å². The van der Waals surface area contributed by atoms with Crippen LogP contribution in [0.4, 0.5) is 5.95 Å². The number of nitrogens with zero attached hydrogens (tertiary/aromatic N) is 6. The molecule has 4 aromatic rings. The number of benzene rings is 2. The number of aryl methyl sites for hydroxylation is 1. The van der Waals surface area contributed by atoms with Gasteiger partial charge in [0.2, 0.25) is 5.95 Å². The molecule has 0 atom stereocenters. The quantitative estimate of drug-likeness (QED) is 0.408. The van der Waals surface area contributed by atoms with E-state index in [1.807, 2.05) is 21.6 Å². The zero-order chi connectivity index (χ0) is 25.6. The molecule has 5 rings (SSSR count). The molecular formula is C25H24Cl2N6O3. The minimum atomic E-state index is -0.438. The van der Waals surface area contributed by atoms with Crippen LogP contribution in [0, 0.1) is 0 Å². The zero-order valence-electron chi connectivity index (χ0n) is 19.8. The number of hydrogen-bond acceptors (Lipinski definition) is 5. The topological polar surface area (TPSA) is 85.4 Å². The van der Waals surface area contributed by atoms with E-state index in [1.54, 1.807) is 48.3 Å². The Kier molecular flexibility index (Phi) is 6.36. The molecule has 3 heterocycles. The number of amides is 1. The van der Waals surface area contributed by atoms with E-state index in [4.69, 9.17) is 28.2 Å². The van der Waals surface area contributed by atoms with Gasteiger partial charge in [-0.2, -0.15) is 4.98 Å². The number of rotatable bonds is 4. The Morgan fingerprint density at radius 3 is 2.28 bits per heavy atom. The third-order valence-electron chi connectivity index (χ3n) is 6.50. The molecule has 2 aromatic heterocycles. The lowest BCUT2D eigenvalue weighted by Gasteiger charge is -2.35. The van der Waals surface area contributed by atoms with E-state index in [9.17, 15) is 14.4 Å². The summed E-state index contributed by atoms with van der Waals surface area (Å²) in [4.78, 5) is 47.3. The molecule has 0 saturated carbocycles. The molecule has 186 valence electrons. The first-order valence-electron chi connectivity index (χ1n) is 11.4. The van der Waals surface area contributed by atoms with Crippen molar-refractivity contribution < 1.29 is 4.79 Å². The molecule has 1 amide bonds. The average molecular weight is 527 g/mol. The van der Waals surface area contributed by atoms with Gasteiger partial charge in [0, 0.05) is 55.9 Å². The monoisotopic (exact) mass is 526 g/mol. The molecule has 0 radical (unpaired) electrons. The highest BCUT2D eigenvalue weighted by Crippen LogP contribution is 2.24. The first-order chi connectivity index (χ1) is 17.2. The Labute approximate surface area is 216 Å². The van der Waals surface area contributed by atoms with E-state index >= 15 is 0 Å². The molecule has 1 saturated heterocycles. The summed E-state index contributed by atoms with van der Waals surface area (Å²) in [5, 5.41) is 1.14. The number of aromatic nitrogens is 4. The SMILES string of the molecule is Cn1c(=O)c2c(nc(N3CCN(C(=O)c4cccc(Cl)c4)CC3)n2Cc2ccc(Cl)cc2)n(C)c1=O. The lowest BCUT2D eigenvalue weighted by Crippen LogP contribution is -2.49. The van der Waals surface area contributed by atoms with Crippen molar-refractivity contribution >= 4 is 46.2 Å².